The molecule has 1 heterocycles. The molecular formula is C20H14F4N2O3. The van der Waals surface area contributed by atoms with Crippen molar-refractivity contribution in [1.82, 2.24) is 4.98 Å². The number of benzene rings is 2. The number of anilines is 2. The Morgan fingerprint density at radius 3 is 2.48 bits per heavy atom. The first-order valence-corrected chi connectivity index (χ1v) is 8.25. The number of halogens is 4. The van der Waals surface area contributed by atoms with E-state index in [-0.39, 0.29) is 17.1 Å². The third-order valence-electron chi connectivity index (χ3n) is 3.88. The van der Waals surface area contributed by atoms with Crippen LogP contribution in [0.3, 0.4) is 0 Å². The molecule has 0 aliphatic heterocycles. The molecule has 0 saturated heterocycles. The zero-order valence-electron chi connectivity index (χ0n) is 14.9. The van der Waals surface area contributed by atoms with Gasteiger partial charge in [-0.2, -0.15) is 0 Å². The summed E-state index contributed by atoms with van der Waals surface area (Å²) in [5.41, 5.74) is 1.11. The summed E-state index contributed by atoms with van der Waals surface area (Å²) in [5, 5.41) is 11.9. The van der Waals surface area contributed by atoms with Gasteiger partial charge in [-0.05, 0) is 53.9 Å². The number of nitrogens with one attached hydrogen (secondary N) is 1. The van der Waals surface area contributed by atoms with Crippen LogP contribution in [0, 0.1) is 12.7 Å². The SMILES string of the molecule is Cc1cnc(Nc2ccc(-c3cccc(OC(F)(F)F)c3)cc2F)c(C(=O)O)c1. The number of hydrogen-bond acceptors (Lipinski definition) is 4. The number of carboxylic acid groups (broad SMARTS) is 1. The minimum absolute atomic E-state index is 0.0321. The highest BCUT2D eigenvalue weighted by Gasteiger charge is 2.31. The van der Waals surface area contributed by atoms with Crippen LogP contribution in [0.4, 0.5) is 29.1 Å². The Labute approximate surface area is 162 Å². The molecule has 150 valence electrons. The first-order chi connectivity index (χ1) is 13.6. The quantitative estimate of drug-likeness (QED) is 0.545. The standard InChI is InChI=1S/C20H14F4N2O3/c1-11-7-15(19(27)28)18(25-10-11)26-17-6-5-13(9-16(17)21)12-3-2-4-14(8-12)29-20(22,23)24/h2-10H,1H3,(H,25,26)(H,27,28). The minimum Gasteiger partial charge on any atom is -0.478 e. The van der Waals surface area contributed by atoms with Crippen molar-refractivity contribution in [3.8, 4) is 16.9 Å². The summed E-state index contributed by atoms with van der Waals surface area (Å²) in [6.07, 6.45) is -3.40. The molecule has 0 unspecified atom stereocenters. The van der Waals surface area contributed by atoms with Gasteiger partial charge in [-0.1, -0.05) is 18.2 Å². The zero-order valence-corrected chi connectivity index (χ0v) is 14.9. The second kappa shape index (κ2) is 7.78. The van der Waals surface area contributed by atoms with Gasteiger partial charge in [0.15, 0.2) is 0 Å². The maximum absolute atomic E-state index is 14.6. The zero-order chi connectivity index (χ0) is 21.2. The largest absolute Gasteiger partial charge is 0.573 e. The van der Waals surface area contributed by atoms with E-state index in [1.165, 1.54) is 36.5 Å². The fraction of sp³-hybridized carbons (Fsp3) is 0.100. The highest BCUT2D eigenvalue weighted by molar-refractivity contribution is 5.94. The number of nitrogens with zero attached hydrogens (tertiary/aromatic N) is 1. The van der Waals surface area contributed by atoms with Gasteiger partial charge in [0, 0.05) is 6.20 Å². The maximum atomic E-state index is 14.6. The van der Waals surface area contributed by atoms with Gasteiger partial charge in [0.05, 0.1) is 5.69 Å². The van der Waals surface area contributed by atoms with Gasteiger partial charge >= 0.3 is 12.3 Å². The first-order valence-electron chi connectivity index (χ1n) is 8.25. The highest BCUT2D eigenvalue weighted by Crippen LogP contribution is 2.30. The van der Waals surface area contributed by atoms with E-state index in [1.807, 2.05) is 0 Å². The van der Waals surface area contributed by atoms with Crippen LogP contribution in [-0.2, 0) is 0 Å². The highest BCUT2D eigenvalue weighted by atomic mass is 19.4. The van der Waals surface area contributed by atoms with Crippen molar-refractivity contribution in [2.45, 2.75) is 13.3 Å². The summed E-state index contributed by atoms with van der Waals surface area (Å²) in [6, 6.07) is 10.5. The predicted molar refractivity (Wildman–Crippen MR) is 97.7 cm³/mol. The topological polar surface area (TPSA) is 71.5 Å². The first kappa shape index (κ1) is 20.1. The lowest BCUT2D eigenvalue weighted by atomic mass is 10.0. The third kappa shape index (κ3) is 5.01. The van der Waals surface area contributed by atoms with Gasteiger partial charge in [-0.3, -0.25) is 0 Å². The van der Waals surface area contributed by atoms with Crippen LogP contribution >= 0.6 is 0 Å². The Bertz CT molecular complexity index is 1070. The van der Waals surface area contributed by atoms with Gasteiger partial charge in [0.1, 0.15) is 22.9 Å². The van der Waals surface area contributed by atoms with E-state index < -0.39 is 23.9 Å². The fourth-order valence-electron chi connectivity index (χ4n) is 2.63. The van der Waals surface area contributed by atoms with Crippen LogP contribution in [0.5, 0.6) is 5.75 Å². The lowest BCUT2D eigenvalue weighted by molar-refractivity contribution is -0.274. The molecule has 0 radical (unpaired) electrons. The number of aryl methyl sites for hydroxylation is 1. The van der Waals surface area contributed by atoms with Gasteiger partial charge < -0.3 is 15.2 Å². The molecule has 0 aliphatic carbocycles. The van der Waals surface area contributed by atoms with Crippen LogP contribution < -0.4 is 10.1 Å². The van der Waals surface area contributed by atoms with Crippen molar-refractivity contribution in [3.63, 3.8) is 0 Å². The second-order valence-corrected chi connectivity index (χ2v) is 6.11. The predicted octanol–water partition coefficient (Wildman–Crippen LogP) is 5.54. The molecule has 9 heteroatoms. The molecule has 0 fully saturated rings. The Kier molecular flexibility index (Phi) is 5.40. The molecule has 2 aromatic carbocycles. The average molecular weight is 406 g/mol. The van der Waals surface area contributed by atoms with E-state index in [0.717, 1.165) is 18.2 Å². The Hall–Kier alpha value is -3.62. The Balaban J connectivity index is 1.89. The molecule has 0 bridgehead atoms. The number of carbonyl (C=O) groups is 1. The van der Waals surface area contributed by atoms with Crippen molar-refractivity contribution in [2.75, 3.05) is 5.32 Å². The van der Waals surface area contributed by atoms with Gasteiger partial charge in [-0.25, -0.2) is 14.2 Å². The number of alkyl halides is 3. The minimum atomic E-state index is -4.83. The molecule has 0 aliphatic rings. The maximum Gasteiger partial charge on any atom is 0.573 e. The number of carboxylic acids is 1. The van der Waals surface area contributed by atoms with Crippen LogP contribution in [0.15, 0.2) is 54.7 Å². The number of pyridine rings is 1. The van der Waals surface area contributed by atoms with Crippen molar-refractivity contribution < 1.29 is 32.2 Å². The Morgan fingerprint density at radius 1 is 1.10 bits per heavy atom. The number of aromatic carboxylic acids is 1. The molecule has 5 nitrogen and oxygen atoms in total. The molecule has 3 rings (SSSR count). The fourth-order valence-corrected chi connectivity index (χ4v) is 2.63. The molecule has 29 heavy (non-hydrogen) atoms. The van der Waals surface area contributed by atoms with Crippen LogP contribution in [0.25, 0.3) is 11.1 Å². The Morgan fingerprint density at radius 2 is 1.83 bits per heavy atom. The van der Waals surface area contributed by atoms with Gasteiger partial charge in [0.25, 0.3) is 0 Å². The number of hydrogen-bond donors (Lipinski definition) is 2. The van der Waals surface area contributed by atoms with Gasteiger partial charge in [-0.15, -0.1) is 13.2 Å². The summed E-state index contributed by atoms with van der Waals surface area (Å²) < 4.78 is 55.6. The summed E-state index contributed by atoms with van der Waals surface area (Å²) in [4.78, 5) is 15.3. The molecule has 0 atom stereocenters. The van der Waals surface area contributed by atoms with Crippen molar-refractivity contribution >= 4 is 17.5 Å². The summed E-state index contributed by atoms with van der Waals surface area (Å²) >= 11 is 0. The molecule has 3 aromatic rings. The van der Waals surface area contributed by atoms with E-state index in [2.05, 4.69) is 15.0 Å². The monoisotopic (exact) mass is 406 g/mol. The molecule has 0 spiro atoms. The summed E-state index contributed by atoms with van der Waals surface area (Å²) in [5.74, 6) is -2.41. The number of ether oxygens (including phenoxy) is 1. The number of aromatic nitrogens is 1. The second-order valence-electron chi connectivity index (χ2n) is 6.11. The molecule has 1 aromatic heterocycles. The van der Waals surface area contributed by atoms with Crippen LogP contribution in [0.2, 0.25) is 0 Å². The van der Waals surface area contributed by atoms with E-state index >= 15 is 0 Å². The van der Waals surface area contributed by atoms with Crippen LogP contribution in [-0.4, -0.2) is 22.4 Å². The van der Waals surface area contributed by atoms with E-state index in [4.69, 9.17) is 0 Å². The van der Waals surface area contributed by atoms with Crippen LogP contribution in [0.1, 0.15) is 15.9 Å². The van der Waals surface area contributed by atoms with E-state index in [9.17, 15) is 27.5 Å². The van der Waals surface area contributed by atoms with Crippen molar-refractivity contribution in [2.24, 2.45) is 0 Å². The smallest absolute Gasteiger partial charge is 0.478 e. The summed E-state index contributed by atoms with van der Waals surface area (Å²) in [7, 11) is 0. The lowest BCUT2D eigenvalue weighted by Crippen LogP contribution is -2.17. The summed E-state index contributed by atoms with van der Waals surface area (Å²) in [6.45, 7) is 1.68. The molecule has 2 N–H and O–H groups in total. The van der Waals surface area contributed by atoms with Gasteiger partial charge in [0.2, 0.25) is 0 Å². The van der Waals surface area contributed by atoms with E-state index in [1.54, 1.807) is 6.92 Å². The average Bonchev–Trinajstić information content (AvgIpc) is 2.63. The molecular weight excluding hydrogens is 392 g/mol. The third-order valence-corrected chi connectivity index (χ3v) is 3.88. The van der Waals surface area contributed by atoms with Crippen molar-refractivity contribution in [1.29, 1.82) is 0 Å². The number of rotatable bonds is 5. The van der Waals surface area contributed by atoms with E-state index in [0.29, 0.717) is 16.7 Å². The lowest BCUT2D eigenvalue weighted by Gasteiger charge is -2.12. The normalized spacial score (nSPS) is 11.2. The van der Waals surface area contributed by atoms with Crippen molar-refractivity contribution in [3.05, 3.63) is 71.7 Å². The molecule has 0 saturated carbocycles. The molecule has 0 amide bonds.